The summed E-state index contributed by atoms with van der Waals surface area (Å²) in [5.74, 6) is 1.83. The summed E-state index contributed by atoms with van der Waals surface area (Å²) < 4.78 is 4.61. The van der Waals surface area contributed by atoms with Crippen LogP contribution in [0.15, 0.2) is 4.99 Å². The molecule has 104 valence electrons. The van der Waals surface area contributed by atoms with Crippen molar-refractivity contribution >= 4 is 23.7 Å². The van der Waals surface area contributed by atoms with E-state index in [0.29, 0.717) is 18.2 Å². The third-order valence-electron chi connectivity index (χ3n) is 2.95. The third kappa shape index (κ3) is 4.76. The van der Waals surface area contributed by atoms with Gasteiger partial charge >= 0.3 is 5.97 Å². The first kappa shape index (κ1) is 15.1. The lowest BCUT2D eigenvalue weighted by molar-refractivity contribution is -0.140. The summed E-state index contributed by atoms with van der Waals surface area (Å²) >= 11 is 2.03. The van der Waals surface area contributed by atoms with Gasteiger partial charge in [-0.25, -0.2) is 0 Å². The second-order valence-electron chi connectivity index (χ2n) is 4.15. The number of aliphatic imine (C=N–C) groups is 1. The van der Waals surface area contributed by atoms with Gasteiger partial charge < -0.3 is 15.0 Å². The van der Waals surface area contributed by atoms with Crippen LogP contribution in [0.3, 0.4) is 0 Å². The van der Waals surface area contributed by atoms with Gasteiger partial charge in [-0.05, 0) is 6.42 Å². The fourth-order valence-electron chi connectivity index (χ4n) is 1.87. The van der Waals surface area contributed by atoms with E-state index in [0.717, 1.165) is 24.8 Å². The van der Waals surface area contributed by atoms with E-state index in [4.69, 9.17) is 0 Å². The minimum Gasteiger partial charge on any atom is -0.469 e. The summed E-state index contributed by atoms with van der Waals surface area (Å²) in [7, 11) is 3.19. The molecule has 5 nitrogen and oxygen atoms in total. The zero-order chi connectivity index (χ0) is 13.4. The van der Waals surface area contributed by atoms with E-state index in [1.54, 1.807) is 7.05 Å². The molecule has 1 heterocycles. The predicted molar refractivity (Wildman–Crippen MR) is 76.1 cm³/mol. The molecular weight excluding hydrogens is 250 g/mol. The first-order valence-corrected chi connectivity index (χ1v) is 7.40. The number of nitrogens with one attached hydrogen (secondary N) is 1. The highest BCUT2D eigenvalue weighted by Crippen LogP contribution is 2.20. The van der Waals surface area contributed by atoms with Crippen molar-refractivity contribution in [3.63, 3.8) is 0 Å². The summed E-state index contributed by atoms with van der Waals surface area (Å²) in [5, 5.41) is 3.89. The number of carbonyl (C=O) groups is 1. The number of rotatable bonds is 4. The molecule has 1 rings (SSSR count). The molecule has 1 saturated heterocycles. The molecule has 1 aliphatic heterocycles. The van der Waals surface area contributed by atoms with Gasteiger partial charge in [0.25, 0.3) is 0 Å². The summed E-state index contributed by atoms with van der Waals surface area (Å²) in [6.07, 6.45) is 1.55. The Kier molecular flexibility index (Phi) is 6.93. The van der Waals surface area contributed by atoms with Crippen LogP contribution in [-0.2, 0) is 9.53 Å². The Morgan fingerprint density at radius 2 is 2.39 bits per heavy atom. The summed E-state index contributed by atoms with van der Waals surface area (Å²) in [6, 6.07) is 0. The highest BCUT2D eigenvalue weighted by Gasteiger charge is 2.21. The SMILES string of the molecule is CCC1CN(C(=NC)NCCC(=O)OC)CCS1. The molecule has 0 aromatic heterocycles. The molecule has 0 spiro atoms. The Labute approximate surface area is 113 Å². The van der Waals surface area contributed by atoms with E-state index in [-0.39, 0.29) is 5.97 Å². The molecule has 0 aromatic rings. The van der Waals surface area contributed by atoms with Gasteiger partial charge in [-0.2, -0.15) is 11.8 Å². The number of esters is 1. The second-order valence-corrected chi connectivity index (χ2v) is 5.56. The van der Waals surface area contributed by atoms with E-state index in [1.807, 2.05) is 11.8 Å². The molecule has 0 amide bonds. The molecule has 1 fully saturated rings. The number of methoxy groups -OCH3 is 1. The quantitative estimate of drug-likeness (QED) is 0.469. The highest BCUT2D eigenvalue weighted by atomic mass is 32.2. The average Bonchev–Trinajstić information content (AvgIpc) is 2.43. The summed E-state index contributed by atoms with van der Waals surface area (Å²) in [5.41, 5.74) is 0. The molecule has 18 heavy (non-hydrogen) atoms. The van der Waals surface area contributed by atoms with Crippen LogP contribution < -0.4 is 5.32 Å². The Morgan fingerprint density at radius 3 is 3.00 bits per heavy atom. The Bertz CT molecular complexity index is 297. The fourth-order valence-corrected chi connectivity index (χ4v) is 3.05. The smallest absolute Gasteiger partial charge is 0.307 e. The first-order chi connectivity index (χ1) is 8.71. The molecule has 0 saturated carbocycles. The zero-order valence-electron chi connectivity index (χ0n) is 11.4. The highest BCUT2D eigenvalue weighted by molar-refractivity contribution is 8.00. The van der Waals surface area contributed by atoms with Crippen LogP contribution >= 0.6 is 11.8 Å². The molecule has 1 unspecified atom stereocenters. The average molecular weight is 273 g/mol. The molecule has 0 bridgehead atoms. The molecule has 1 atom stereocenters. The Balaban J connectivity index is 2.38. The number of thioether (sulfide) groups is 1. The minimum atomic E-state index is -0.196. The van der Waals surface area contributed by atoms with Crippen molar-refractivity contribution in [1.29, 1.82) is 0 Å². The third-order valence-corrected chi connectivity index (χ3v) is 4.32. The number of carbonyl (C=O) groups excluding carboxylic acids is 1. The van der Waals surface area contributed by atoms with E-state index < -0.39 is 0 Å². The van der Waals surface area contributed by atoms with E-state index in [9.17, 15) is 4.79 Å². The van der Waals surface area contributed by atoms with Crippen molar-refractivity contribution in [2.45, 2.75) is 25.0 Å². The van der Waals surface area contributed by atoms with Crippen LogP contribution in [0.5, 0.6) is 0 Å². The van der Waals surface area contributed by atoms with Crippen LogP contribution in [0.4, 0.5) is 0 Å². The van der Waals surface area contributed by atoms with E-state index in [1.165, 1.54) is 13.5 Å². The maximum absolute atomic E-state index is 11.0. The number of ether oxygens (including phenoxy) is 1. The first-order valence-electron chi connectivity index (χ1n) is 6.35. The summed E-state index contributed by atoms with van der Waals surface area (Å²) in [4.78, 5) is 17.6. The second kappa shape index (κ2) is 8.24. The van der Waals surface area contributed by atoms with Crippen LogP contribution in [0.2, 0.25) is 0 Å². The van der Waals surface area contributed by atoms with Gasteiger partial charge in [-0.15, -0.1) is 0 Å². The van der Waals surface area contributed by atoms with Crippen LogP contribution in [0, 0.1) is 0 Å². The van der Waals surface area contributed by atoms with Crippen molar-refractivity contribution in [1.82, 2.24) is 10.2 Å². The fraction of sp³-hybridized carbons (Fsp3) is 0.833. The zero-order valence-corrected chi connectivity index (χ0v) is 12.3. The molecule has 0 radical (unpaired) electrons. The van der Waals surface area contributed by atoms with Gasteiger partial charge in [0.15, 0.2) is 5.96 Å². The van der Waals surface area contributed by atoms with Crippen molar-refractivity contribution in [2.75, 3.05) is 39.5 Å². The monoisotopic (exact) mass is 273 g/mol. The van der Waals surface area contributed by atoms with E-state index >= 15 is 0 Å². The van der Waals surface area contributed by atoms with Crippen molar-refractivity contribution in [3.05, 3.63) is 0 Å². The lowest BCUT2D eigenvalue weighted by Crippen LogP contribution is -2.48. The number of hydrogen-bond donors (Lipinski definition) is 1. The largest absolute Gasteiger partial charge is 0.469 e. The molecular formula is C12H23N3O2S. The van der Waals surface area contributed by atoms with Crippen molar-refractivity contribution < 1.29 is 9.53 Å². The topological polar surface area (TPSA) is 53.9 Å². The van der Waals surface area contributed by atoms with Crippen LogP contribution in [0.1, 0.15) is 19.8 Å². The minimum absolute atomic E-state index is 0.196. The van der Waals surface area contributed by atoms with Gasteiger partial charge in [-0.3, -0.25) is 9.79 Å². The molecule has 0 aliphatic carbocycles. The normalized spacial score (nSPS) is 20.7. The van der Waals surface area contributed by atoms with Crippen molar-refractivity contribution in [2.24, 2.45) is 4.99 Å². The number of guanidine groups is 1. The van der Waals surface area contributed by atoms with Crippen LogP contribution in [-0.4, -0.2) is 61.6 Å². The van der Waals surface area contributed by atoms with Gasteiger partial charge in [0.05, 0.1) is 13.5 Å². The van der Waals surface area contributed by atoms with Gasteiger partial charge in [0, 0.05) is 37.7 Å². The Morgan fingerprint density at radius 1 is 1.61 bits per heavy atom. The Hall–Kier alpha value is -0.910. The van der Waals surface area contributed by atoms with Gasteiger partial charge in [-0.1, -0.05) is 6.92 Å². The van der Waals surface area contributed by atoms with Gasteiger partial charge in [0.2, 0.25) is 0 Å². The standard InChI is InChI=1S/C12H23N3O2S/c1-4-10-9-15(7-8-18-10)12(13-2)14-6-5-11(16)17-3/h10H,4-9H2,1-3H3,(H,13,14). The number of nitrogens with zero attached hydrogens (tertiary/aromatic N) is 2. The molecule has 1 aliphatic rings. The molecule has 1 N–H and O–H groups in total. The maximum atomic E-state index is 11.0. The lowest BCUT2D eigenvalue weighted by atomic mass is 10.3. The summed E-state index contributed by atoms with van der Waals surface area (Å²) in [6.45, 7) is 4.83. The molecule has 6 heteroatoms. The van der Waals surface area contributed by atoms with Crippen molar-refractivity contribution in [3.8, 4) is 0 Å². The number of hydrogen-bond acceptors (Lipinski definition) is 4. The lowest BCUT2D eigenvalue weighted by Gasteiger charge is -2.34. The van der Waals surface area contributed by atoms with E-state index in [2.05, 4.69) is 26.9 Å². The van der Waals surface area contributed by atoms with Crippen LogP contribution in [0.25, 0.3) is 0 Å². The predicted octanol–water partition coefficient (Wildman–Crippen LogP) is 0.952. The van der Waals surface area contributed by atoms with Gasteiger partial charge in [0.1, 0.15) is 0 Å². The molecule has 0 aromatic carbocycles. The maximum Gasteiger partial charge on any atom is 0.307 e.